The van der Waals surface area contributed by atoms with Crippen molar-refractivity contribution in [3.8, 4) is 0 Å². The average molecular weight is 301 g/mol. The number of carbonyl (C=O) groups is 1. The van der Waals surface area contributed by atoms with Crippen LogP contribution >= 0.6 is 0 Å². The topological polar surface area (TPSA) is 92.7 Å². The van der Waals surface area contributed by atoms with Crippen LogP contribution in [0.15, 0.2) is 23.1 Å². The van der Waals surface area contributed by atoms with Crippen molar-refractivity contribution in [3.05, 3.63) is 29.3 Å². The lowest BCUT2D eigenvalue weighted by Crippen LogP contribution is -2.39. The maximum absolute atomic E-state index is 12.2. The Morgan fingerprint density at radius 3 is 2.50 bits per heavy atom. The molecule has 0 unspecified atom stereocenters. The molecule has 1 aromatic carbocycles. The van der Waals surface area contributed by atoms with Crippen molar-refractivity contribution in [3.63, 3.8) is 0 Å². The van der Waals surface area contributed by atoms with E-state index in [2.05, 4.69) is 4.72 Å². The molecule has 20 heavy (non-hydrogen) atoms. The van der Waals surface area contributed by atoms with Gasteiger partial charge >= 0.3 is 5.97 Å². The fourth-order valence-electron chi connectivity index (χ4n) is 1.44. The Morgan fingerprint density at radius 2 is 2.00 bits per heavy atom. The first-order chi connectivity index (χ1) is 9.09. The van der Waals surface area contributed by atoms with E-state index < -0.39 is 21.6 Å². The molecule has 0 aliphatic carbocycles. The van der Waals surface area contributed by atoms with E-state index in [1.165, 1.54) is 19.2 Å². The molecule has 6 nitrogen and oxygen atoms in total. The molecule has 0 aliphatic heterocycles. The highest BCUT2D eigenvalue weighted by Crippen LogP contribution is 2.18. The Bertz CT molecular complexity index is 607. The number of carboxylic acids is 1. The van der Waals surface area contributed by atoms with E-state index in [9.17, 15) is 13.2 Å². The lowest BCUT2D eigenvalue weighted by molar-refractivity contribution is 0.0276. The molecule has 0 saturated heterocycles. The molecular weight excluding hydrogens is 282 g/mol. The molecule has 1 rings (SSSR count). The van der Waals surface area contributed by atoms with Crippen LogP contribution < -0.4 is 4.72 Å². The monoisotopic (exact) mass is 301 g/mol. The Balaban J connectivity index is 3.09. The maximum Gasteiger partial charge on any atom is 0.335 e. The molecule has 7 heteroatoms. The first kappa shape index (κ1) is 16.6. The lowest BCUT2D eigenvalue weighted by atomic mass is 10.1. The summed E-state index contributed by atoms with van der Waals surface area (Å²) < 4.78 is 32.0. The quantitative estimate of drug-likeness (QED) is 0.828. The number of hydrogen-bond donors (Lipinski definition) is 2. The Morgan fingerprint density at radius 1 is 1.40 bits per heavy atom. The van der Waals surface area contributed by atoms with Crippen molar-refractivity contribution >= 4 is 16.0 Å². The van der Waals surface area contributed by atoms with Crippen molar-refractivity contribution in [2.75, 3.05) is 13.7 Å². The van der Waals surface area contributed by atoms with Crippen molar-refractivity contribution in [2.45, 2.75) is 31.3 Å². The van der Waals surface area contributed by atoms with Gasteiger partial charge in [-0.25, -0.2) is 17.9 Å². The molecule has 0 atom stereocenters. The number of hydrogen-bond acceptors (Lipinski definition) is 4. The third-order valence-corrected chi connectivity index (χ3v) is 4.51. The minimum absolute atomic E-state index is 0.0377. The molecule has 0 spiro atoms. The van der Waals surface area contributed by atoms with Gasteiger partial charge in [0.15, 0.2) is 0 Å². The summed E-state index contributed by atoms with van der Waals surface area (Å²) in [4.78, 5) is 10.9. The van der Waals surface area contributed by atoms with Crippen molar-refractivity contribution < 1.29 is 23.1 Å². The van der Waals surface area contributed by atoms with Crippen molar-refractivity contribution in [1.29, 1.82) is 0 Å². The fourth-order valence-corrected chi connectivity index (χ4v) is 2.91. The van der Waals surface area contributed by atoms with E-state index in [0.29, 0.717) is 5.56 Å². The third-order valence-electron chi connectivity index (χ3n) is 2.97. The highest BCUT2D eigenvalue weighted by Gasteiger charge is 2.23. The molecule has 112 valence electrons. The van der Waals surface area contributed by atoms with Gasteiger partial charge in [-0.1, -0.05) is 6.07 Å². The summed E-state index contributed by atoms with van der Waals surface area (Å²) in [5.41, 5.74) is -0.231. The van der Waals surface area contributed by atoms with E-state index in [-0.39, 0.29) is 17.0 Å². The predicted molar refractivity (Wildman–Crippen MR) is 74.4 cm³/mol. The van der Waals surface area contributed by atoms with Crippen LogP contribution in [-0.2, 0) is 14.8 Å². The molecule has 0 aliphatic rings. The number of sulfonamides is 1. The van der Waals surface area contributed by atoms with E-state index in [4.69, 9.17) is 9.84 Å². The van der Waals surface area contributed by atoms with Gasteiger partial charge in [-0.15, -0.1) is 0 Å². The predicted octanol–water partition coefficient (Wildman–Crippen LogP) is 1.40. The average Bonchev–Trinajstić information content (AvgIpc) is 2.37. The smallest absolute Gasteiger partial charge is 0.335 e. The maximum atomic E-state index is 12.2. The van der Waals surface area contributed by atoms with Crippen LogP contribution in [0, 0.1) is 6.92 Å². The zero-order valence-electron chi connectivity index (χ0n) is 11.9. The van der Waals surface area contributed by atoms with Gasteiger partial charge in [-0.05, 0) is 38.5 Å². The second-order valence-electron chi connectivity index (χ2n) is 5.07. The molecule has 1 aromatic rings. The summed E-state index contributed by atoms with van der Waals surface area (Å²) in [5, 5.41) is 8.93. The molecule has 0 fully saturated rings. The largest absolute Gasteiger partial charge is 0.478 e. The number of carboxylic acid groups (broad SMARTS) is 1. The Labute approximate surface area is 118 Å². The number of ether oxygens (including phenoxy) is 1. The van der Waals surface area contributed by atoms with Gasteiger partial charge in [0.25, 0.3) is 0 Å². The molecule has 0 aromatic heterocycles. The summed E-state index contributed by atoms with van der Waals surface area (Å²) in [6.45, 7) is 5.19. The summed E-state index contributed by atoms with van der Waals surface area (Å²) in [6.07, 6.45) is 0. The Hall–Kier alpha value is -1.44. The van der Waals surface area contributed by atoms with Crippen LogP contribution in [-0.4, -0.2) is 38.7 Å². The second-order valence-corrected chi connectivity index (χ2v) is 6.81. The SMILES string of the molecule is COC(C)(C)CNS(=O)(=O)c1cc(C(=O)O)ccc1C. The highest BCUT2D eigenvalue weighted by atomic mass is 32.2. The lowest BCUT2D eigenvalue weighted by Gasteiger charge is -2.23. The van der Waals surface area contributed by atoms with Crippen molar-refractivity contribution in [1.82, 2.24) is 4.72 Å². The van der Waals surface area contributed by atoms with E-state index >= 15 is 0 Å². The standard InChI is InChI=1S/C13H19NO5S/c1-9-5-6-10(12(15)16)7-11(9)20(17,18)14-8-13(2,3)19-4/h5-7,14H,8H2,1-4H3,(H,15,16). The van der Waals surface area contributed by atoms with E-state index in [1.807, 2.05) is 0 Å². The Kier molecular flexibility index (Phi) is 4.90. The number of benzene rings is 1. The van der Waals surface area contributed by atoms with Crippen LogP contribution in [0.2, 0.25) is 0 Å². The fraction of sp³-hybridized carbons (Fsp3) is 0.462. The zero-order valence-corrected chi connectivity index (χ0v) is 12.7. The second kappa shape index (κ2) is 5.90. The van der Waals surface area contributed by atoms with Crippen LogP contribution in [0.5, 0.6) is 0 Å². The van der Waals surface area contributed by atoms with Gasteiger partial charge in [-0.3, -0.25) is 0 Å². The number of aromatic carboxylic acids is 1. The number of nitrogens with one attached hydrogen (secondary N) is 1. The zero-order chi connectivity index (χ0) is 15.6. The first-order valence-electron chi connectivity index (χ1n) is 5.98. The summed E-state index contributed by atoms with van der Waals surface area (Å²) in [7, 11) is -2.29. The van der Waals surface area contributed by atoms with E-state index in [1.54, 1.807) is 20.8 Å². The van der Waals surface area contributed by atoms with Gasteiger partial charge in [0, 0.05) is 13.7 Å². The molecule has 2 N–H and O–H groups in total. The van der Waals surface area contributed by atoms with Gasteiger partial charge in [0.05, 0.1) is 16.1 Å². The van der Waals surface area contributed by atoms with Gasteiger partial charge < -0.3 is 9.84 Å². The summed E-state index contributed by atoms with van der Waals surface area (Å²) in [6, 6.07) is 4.00. The minimum atomic E-state index is -3.78. The van der Waals surface area contributed by atoms with E-state index in [0.717, 1.165) is 6.07 Å². The minimum Gasteiger partial charge on any atom is -0.478 e. The molecule has 0 bridgehead atoms. The molecule has 0 heterocycles. The summed E-state index contributed by atoms with van der Waals surface area (Å²) in [5.74, 6) is -1.17. The molecule has 0 radical (unpaired) electrons. The molecular formula is C13H19NO5S. The molecule has 0 saturated carbocycles. The normalized spacial score (nSPS) is 12.4. The summed E-state index contributed by atoms with van der Waals surface area (Å²) >= 11 is 0. The van der Waals surface area contributed by atoms with Gasteiger partial charge in [-0.2, -0.15) is 0 Å². The van der Waals surface area contributed by atoms with Gasteiger partial charge in [0.2, 0.25) is 10.0 Å². The van der Waals surface area contributed by atoms with Crippen LogP contribution in [0.3, 0.4) is 0 Å². The number of methoxy groups -OCH3 is 1. The highest BCUT2D eigenvalue weighted by molar-refractivity contribution is 7.89. The number of aryl methyl sites for hydroxylation is 1. The van der Waals surface area contributed by atoms with Crippen LogP contribution in [0.1, 0.15) is 29.8 Å². The third kappa shape index (κ3) is 4.03. The van der Waals surface area contributed by atoms with Crippen LogP contribution in [0.4, 0.5) is 0 Å². The van der Waals surface area contributed by atoms with Gasteiger partial charge in [0.1, 0.15) is 0 Å². The van der Waals surface area contributed by atoms with Crippen LogP contribution in [0.25, 0.3) is 0 Å². The molecule has 0 amide bonds. The number of rotatable bonds is 6. The first-order valence-corrected chi connectivity index (χ1v) is 7.46. The van der Waals surface area contributed by atoms with Crippen molar-refractivity contribution in [2.24, 2.45) is 0 Å².